The third kappa shape index (κ3) is 5.15. The smallest absolute Gasteiger partial charge is 0.326 e. The van der Waals surface area contributed by atoms with Crippen molar-refractivity contribution < 1.29 is 24.6 Å². The van der Waals surface area contributed by atoms with Gasteiger partial charge in [0.2, 0.25) is 0 Å². The van der Waals surface area contributed by atoms with E-state index < -0.39 is 24.0 Å². The van der Waals surface area contributed by atoms with Crippen molar-refractivity contribution in [3.05, 3.63) is 0 Å². The Morgan fingerprint density at radius 3 is 2.32 bits per heavy atom. The van der Waals surface area contributed by atoms with Crippen LogP contribution in [-0.4, -0.2) is 39.8 Å². The summed E-state index contributed by atoms with van der Waals surface area (Å²) in [7, 11) is 0. The number of hydrogen-bond donors (Lipinski definition) is 4. The molecule has 1 fully saturated rings. The van der Waals surface area contributed by atoms with Gasteiger partial charge in [0, 0.05) is 12.0 Å². The van der Waals surface area contributed by atoms with Gasteiger partial charge in [0.1, 0.15) is 6.04 Å². The molecule has 1 aliphatic carbocycles. The number of carboxylic acids is 2. The maximum Gasteiger partial charge on any atom is 0.326 e. The van der Waals surface area contributed by atoms with Gasteiger partial charge in [-0.05, 0) is 39.0 Å². The van der Waals surface area contributed by atoms with Gasteiger partial charge in [-0.3, -0.25) is 4.79 Å². The van der Waals surface area contributed by atoms with Crippen LogP contribution in [0.4, 0.5) is 4.79 Å². The van der Waals surface area contributed by atoms with Crippen molar-refractivity contribution in [3.63, 3.8) is 0 Å². The summed E-state index contributed by atoms with van der Waals surface area (Å²) < 4.78 is 0. The fourth-order valence-electron chi connectivity index (χ4n) is 2.02. The van der Waals surface area contributed by atoms with Crippen LogP contribution < -0.4 is 10.6 Å². The largest absolute Gasteiger partial charge is 0.481 e. The van der Waals surface area contributed by atoms with E-state index in [1.165, 1.54) is 0 Å². The maximum absolute atomic E-state index is 11.7. The lowest BCUT2D eigenvalue weighted by Gasteiger charge is -2.39. The van der Waals surface area contributed by atoms with E-state index in [1.807, 2.05) is 6.92 Å². The van der Waals surface area contributed by atoms with Gasteiger partial charge in [-0.2, -0.15) is 0 Å². The first kappa shape index (κ1) is 15.3. The summed E-state index contributed by atoms with van der Waals surface area (Å²) in [5, 5.41) is 22.6. The van der Waals surface area contributed by atoms with Gasteiger partial charge in [0.15, 0.2) is 0 Å². The van der Waals surface area contributed by atoms with Crippen molar-refractivity contribution in [3.8, 4) is 0 Å². The fraction of sp³-hybridized carbons (Fsp3) is 0.750. The molecule has 0 bridgehead atoms. The number of carbonyl (C=O) groups excluding carboxylic acids is 1. The second-order valence-corrected chi connectivity index (χ2v) is 5.19. The van der Waals surface area contributed by atoms with Gasteiger partial charge >= 0.3 is 18.0 Å². The first-order valence-corrected chi connectivity index (χ1v) is 6.36. The zero-order valence-corrected chi connectivity index (χ0v) is 10.9. The second kappa shape index (κ2) is 6.40. The number of aliphatic carboxylic acids is 2. The summed E-state index contributed by atoms with van der Waals surface area (Å²) in [6.45, 7) is 1.91. The Bertz CT molecular complexity index is 365. The minimum absolute atomic E-state index is 0.103. The topological polar surface area (TPSA) is 116 Å². The van der Waals surface area contributed by atoms with Crippen LogP contribution >= 0.6 is 0 Å². The van der Waals surface area contributed by atoms with E-state index in [4.69, 9.17) is 10.2 Å². The normalized spacial score (nSPS) is 17.9. The summed E-state index contributed by atoms with van der Waals surface area (Å²) in [6.07, 6.45) is 3.03. The highest BCUT2D eigenvalue weighted by Crippen LogP contribution is 2.30. The molecular weight excluding hydrogens is 252 g/mol. The molecule has 0 aromatic heterocycles. The van der Waals surface area contributed by atoms with E-state index in [2.05, 4.69) is 10.6 Å². The molecular formula is C12H20N2O5. The third-order valence-corrected chi connectivity index (χ3v) is 3.36. The Morgan fingerprint density at radius 2 is 1.89 bits per heavy atom. The minimum atomic E-state index is -1.15. The molecule has 1 rings (SSSR count). The van der Waals surface area contributed by atoms with E-state index in [9.17, 15) is 14.4 Å². The van der Waals surface area contributed by atoms with Crippen LogP contribution in [-0.2, 0) is 9.59 Å². The molecule has 1 saturated carbocycles. The highest BCUT2D eigenvalue weighted by molar-refractivity contribution is 5.83. The summed E-state index contributed by atoms with van der Waals surface area (Å²) in [4.78, 5) is 33.0. The summed E-state index contributed by atoms with van der Waals surface area (Å²) in [6, 6.07) is -1.56. The van der Waals surface area contributed by atoms with Crippen molar-refractivity contribution >= 4 is 18.0 Å². The van der Waals surface area contributed by atoms with E-state index in [1.54, 1.807) is 0 Å². The second-order valence-electron chi connectivity index (χ2n) is 5.19. The number of hydrogen-bond acceptors (Lipinski definition) is 3. The highest BCUT2D eigenvalue weighted by Gasteiger charge is 2.34. The van der Waals surface area contributed by atoms with Crippen LogP contribution in [0.1, 0.15) is 45.4 Å². The molecule has 1 aliphatic rings. The molecule has 0 unspecified atom stereocenters. The predicted octanol–water partition coefficient (Wildman–Crippen LogP) is 0.936. The molecule has 7 nitrogen and oxygen atoms in total. The van der Waals surface area contributed by atoms with Crippen LogP contribution in [0, 0.1) is 0 Å². The van der Waals surface area contributed by atoms with E-state index in [0.29, 0.717) is 0 Å². The molecule has 0 radical (unpaired) electrons. The molecule has 0 aromatic rings. The molecule has 4 N–H and O–H groups in total. The third-order valence-electron chi connectivity index (χ3n) is 3.36. The van der Waals surface area contributed by atoms with Crippen molar-refractivity contribution in [1.29, 1.82) is 0 Å². The summed E-state index contributed by atoms with van der Waals surface area (Å²) >= 11 is 0. The average molecular weight is 272 g/mol. The van der Waals surface area contributed by atoms with E-state index in [-0.39, 0.29) is 24.8 Å². The molecule has 0 saturated heterocycles. The van der Waals surface area contributed by atoms with Crippen molar-refractivity contribution in [2.45, 2.75) is 57.0 Å². The number of carboxylic acid groups (broad SMARTS) is 2. The van der Waals surface area contributed by atoms with E-state index >= 15 is 0 Å². The Morgan fingerprint density at radius 1 is 1.26 bits per heavy atom. The monoisotopic (exact) mass is 272 g/mol. The molecule has 0 spiro atoms. The Balaban J connectivity index is 2.37. The lowest BCUT2D eigenvalue weighted by Crippen LogP contribution is -2.56. The molecule has 108 valence electrons. The lowest BCUT2D eigenvalue weighted by molar-refractivity contribution is -0.140. The molecule has 0 aliphatic heterocycles. The van der Waals surface area contributed by atoms with Crippen molar-refractivity contribution in [2.75, 3.05) is 0 Å². The van der Waals surface area contributed by atoms with Crippen LogP contribution in [0.5, 0.6) is 0 Å². The van der Waals surface area contributed by atoms with Gasteiger partial charge in [-0.15, -0.1) is 0 Å². The first-order valence-electron chi connectivity index (χ1n) is 6.36. The SMILES string of the molecule is CC1(NC(=O)N[C@H](CCCC(=O)O)C(=O)O)CCC1. The van der Waals surface area contributed by atoms with Crippen LogP contribution in [0.3, 0.4) is 0 Å². The maximum atomic E-state index is 11.7. The van der Waals surface area contributed by atoms with Gasteiger partial charge in [0.25, 0.3) is 0 Å². The van der Waals surface area contributed by atoms with Gasteiger partial charge in [-0.25, -0.2) is 9.59 Å². The zero-order chi connectivity index (χ0) is 14.5. The minimum Gasteiger partial charge on any atom is -0.481 e. The molecule has 0 heterocycles. The fourth-order valence-corrected chi connectivity index (χ4v) is 2.02. The number of amides is 2. The Labute approximate surface area is 111 Å². The molecule has 19 heavy (non-hydrogen) atoms. The standard InChI is InChI=1S/C12H20N2O5/c1-12(6-3-7-12)14-11(19)13-8(10(17)18)4-2-5-9(15)16/h8H,2-7H2,1H3,(H,15,16)(H,17,18)(H2,13,14,19)/t8-/m1/s1. The number of rotatable bonds is 7. The Kier molecular flexibility index (Phi) is 5.14. The molecule has 1 atom stereocenters. The molecule has 7 heteroatoms. The quantitative estimate of drug-likeness (QED) is 0.550. The average Bonchev–Trinajstić information content (AvgIpc) is 2.24. The highest BCUT2D eigenvalue weighted by atomic mass is 16.4. The van der Waals surface area contributed by atoms with Crippen molar-refractivity contribution in [1.82, 2.24) is 10.6 Å². The molecule has 2 amide bonds. The van der Waals surface area contributed by atoms with E-state index in [0.717, 1.165) is 19.3 Å². The predicted molar refractivity (Wildman–Crippen MR) is 66.8 cm³/mol. The van der Waals surface area contributed by atoms with Gasteiger partial charge in [-0.1, -0.05) is 0 Å². The lowest BCUT2D eigenvalue weighted by atomic mass is 9.79. The summed E-state index contributed by atoms with van der Waals surface area (Å²) in [5.74, 6) is -2.13. The first-order chi connectivity index (χ1) is 8.82. The van der Waals surface area contributed by atoms with Crippen molar-refractivity contribution in [2.24, 2.45) is 0 Å². The zero-order valence-electron chi connectivity index (χ0n) is 10.9. The Hall–Kier alpha value is -1.79. The molecule has 0 aromatic carbocycles. The van der Waals surface area contributed by atoms with Gasteiger partial charge in [0.05, 0.1) is 0 Å². The van der Waals surface area contributed by atoms with Crippen LogP contribution in [0.25, 0.3) is 0 Å². The number of nitrogens with one attached hydrogen (secondary N) is 2. The summed E-state index contributed by atoms with van der Waals surface area (Å²) in [5.41, 5.74) is -0.242. The number of urea groups is 1. The van der Waals surface area contributed by atoms with Gasteiger partial charge < -0.3 is 20.8 Å². The number of carbonyl (C=O) groups is 3. The van der Waals surface area contributed by atoms with Crippen LogP contribution in [0.15, 0.2) is 0 Å². The van der Waals surface area contributed by atoms with Crippen LogP contribution in [0.2, 0.25) is 0 Å².